The third kappa shape index (κ3) is 1.99. The normalized spacial score (nSPS) is 17.3. The molecule has 1 aliphatic carbocycles. The molecule has 0 unspecified atom stereocenters. The summed E-state index contributed by atoms with van der Waals surface area (Å²) >= 11 is 1.96. The van der Waals surface area contributed by atoms with E-state index in [-0.39, 0.29) is 0 Å². The Hall–Kier alpha value is -1.23. The first-order valence-electron chi connectivity index (χ1n) is 5.82. The van der Waals surface area contributed by atoms with E-state index in [1.54, 1.807) is 6.20 Å². The van der Waals surface area contributed by atoms with Crippen LogP contribution in [0.1, 0.15) is 18.5 Å². The highest BCUT2D eigenvalue weighted by Gasteiger charge is 2.41. The van der Waals surface area contributed by atoms with E-state index < -0.39 is 0 Å². The van der Waals surface area contributed by atoms with Crippen molar-refractivity contribution in [1.29, 1.82) is 0 Å². The number of aryl methyl sites for hydroxylation is 1. The molecule has 1 aliphatic rings. The number of nitrogens with one attached hydrogen (secondary N) is 1. The van der Waals surface area contributed by atoms with E-state index in [2.05, 4.69) is 27.7 Å². The lowest BCUT2D eigenvalue weighted by molar-refractivity contribution is 0.907. The summed E-state index contributed by atoms with van der Waals surface area (Å²) in [6.07, 6.45) is 8.48. The molecule has 2 aromatic rings. The molecule has 0 aromatic carbocycles. The summed E-state index contributed by atoms with van der Waals surface area (Å²) in [7, 11) is 0. The molecule has 1 saturated carbocycles. The number of anilines is 1. The second-order valence-corrected chi connectivity index (χ2v) is 5.91. The topological polar surface area (TPSA) is 42.2 Å². The van der Waals surface area contributed by atoms with Crippen LogP contribution >= 0.6 is 11.8 Å². The van der Waals surface area contributed by atoms with Crippen molar-refractivity contribution < 1.29 is 0 Å². The molecule has 0 radical (unpaired) electrons. The van der Waals surface area contributed by atoms with Crippen molar-refractivity contribution in [2.24, 2.45) is 0 Å². The predicted octanol–water partition coefficient (Wildman–Crippen LogP) is 2.35. The second-order valence-electron chi connectivity index (χ2n) is 4.63. The molecule has 2 heterocycles. The van der Waals surface area contributed by atoms with Crippen LogP contribution in [-0.4, -0.2) is 32.1 Å². The average molecular weight is 248 g/mol. The summed E-state index contributed by atoms with van der Waals surface area (Å²) in [6, 6.07) is 2.06. The molecule has 90 valence electrons. The molecule has 3 rings (SSSR count). The first-order chi connectivity index (χ1) is 8.22. The van der Waals surface area contributed by atoms with Gasteiger partial charge in [-0.3, -0.25) is 0 Å². The first-order valence-corrected chi connectivity index (χ1v) is 7.05. The molecule has 5 heteroatoms. The van der Waals surface area contributed by atoms with Crippen LogP contribution in [0.15, 0.2) is 18.5 Å². The molecule has 0 saturated heterocycles. The molecular formula is C12H16N4S. The first kappa shape index (κ1) is 10.9. The highest BCUT2D eigenvalue weighted by Crippen LogP contribution is 2.47. The van der Waals surface area contributed by atoms with Crippen LogP contribution in [0.25, 0.3) is 5.52 Å². The zero-order valence-electron chi connectivity index (χ0n) is 10.1. The Morgan fingerprint density at radius 1 is 1.53 bits per heavy atom. The zero-order chi connectivity index (χ0) is 11.9. The lowest BCUT2D eigenvalue weighted by Gasteiger charge is -2.13. The number of fused-ring (bicyclic) bond motifs is 1. The Balaban J connectivity index is 1.85. The van der Waals surface area contributed by atoms with Crippen LogP contribution in [0, 0.1) is 6.92 Å². The van der Waals surface area contributed by atoms with Crippen molar-refractivity contribution in [2.45, 2.75) is 24.5 Å². The van der Waals surface area contributed by atoms with Crippen LogP contribution in [-0.2, 0) is 0 Å². The van der Waals surface area contributed by atoms with Crippen LogP contribution < -0.4 is 5.32 Å². The van der Waals surface area contributed by atoms with E-state index in [0.717, 1.165) is 23.6 Å². The number of hydrogen-bond donors (Lipinski definition) is 1. The number of rotatable bonds is 4. The van der Waals surface area contributed by atoms with Crippen LogP contribution in [0.3, 0.4) is 0 Å². The van der Waals surface area contributed by atoms with Gasteiger partial charge in [0.15, 0.2) is 5.82 Å². The summed E-state index contributed by atoms with van der Waals surface area (Å²) in [4.78, 5) is 4.40. The van der Waals surface area contributed by atoms with Gasteiger partial charge in [-0.1, -0.05) is 0 Å². The van der Waals surface area contributed by atoms with Gasteiger partial charge in [-0.25, -0.2) is 9.50 Å². The lowest BCUT2D eigenvalue weighted by atomic mass is 10.3. The van der Waals surface area contributed by atoms with Gasteiger partial charge in [-0.05, 0) is 32.1 Å². The van der Waals surface area contributed by atoms with Gasteiger partial charge in [0.1, 0.15) is 5.52 Å². The minimum Gasteiger partial charge on any atom is -0.367 e. The molecule has 1 N–H and O–H groups in total. The van der Waals surface area contributed by atoms with Gasteiger partial charge < -0.3 is 5.32 Å². The van der Waals surface area contributed by atoms with Crippen molar-refractivity contribution >= 4 is 23.1 Å². The number of aromatic nitrogens is 3. The van der Waals surface area contributed by atoms with Gasteiger partial charge in [-0.15, -0.1) is 0 Å². The van der Waals surface area contributed by atoms with E-state index in [9.17, 15) is 0 Å². The minimum absolute atomic E-state index is 0.448. The molecule has 0 aliphatic heterocycles. The molecule has 17 heavy (non-hydrogen) atoms. The maximum atomic E-state index is 4.40. The van der Waals surface area contributed by atoms with E-state index in [1.807, 2.05) is 29.4 Å². The summed E-state index contributed by atoms with van der Waals surface area (Å²) < 4.78 is 2.33. The number of thioether (sulfide) groups is 1. The molecule has 4 nitrogen and oxygen atoms in total. The smallest absolute Gasteiger partial charge is 0.152 e. The van der Waals surface area contributed by atoms with E-state index in [1.165, 1.54) is 12.8 Å². The van der Waals surface area contributed by atoms with Crippen LogP contribution in [0.2, 0.25) is 0 Å². The highest BCUT2D eigenvalue weighted by atomic mass is 32.2. The molecule has 0 amide bonds. The summed E-state index contributed by atoms with van der Waals surface area (Å²) in [5, 5.41) is 7.85. The maximum Gasteiger partial charge on any atom is 0.152 e. The Morgan fingerprint density at radius 3 is 3.06 bits per heavy atom. The quantitative estimate of drug-likeness (QED) is 0.902. The fraction of sp³-hybridized carbons (Fsp3) is 0.500. The van der Waals surface area contributed by atoms with Crippen molar-refractivity contribution in [3.05, 3.63) is 24.2 Å². The van der Waals surface area contributed by atoms with Crippen molar-refractivity contribution in [1.82, 2.24) is 14.6 Å². The third-order valence-electron chi connectivity index (χ3n) is 3.33. The third-order valence-corrected chi connectivity index (χ3v) is 4.75. The monoisotopic (exact) mass is 248 g/mol. The van der Waals surface area contributed by atoms with Crippen molar-refractivity contribution in [3.8, 4) is 0 Å². The Labute approximate surface area is 105 Å². The second kappa shape index (κ2) is 3.91. The summed E-state index contributed by atoms with van der Waals surface area (Å²) in [6.45, 7) is 2.99. The Morgan fingerprint density at radius 2 is 2.35 bits per heavy atom. The standard InChI is InChI=1S/C12H16N4S/c1-9-7-10-11(13-5-6-16(10)15-9)14-8-12(17-2)3-4-12/h5-7H,3-4,8H2,1-2H3,(H,13,14). The average Bonchev–Trinajstić information content (AvgIpc) is 3.01. The van der Waals surface area contributed by atoms with Crippen molar-refractivity contribution in [2.75, 3.05) is 18.1 Å². The lowest BCUT2D eigenvalue weighted by Crippen LogP contribution is -2.18. The van der Waals surface area contributed by atoms with E-state index >= 15 is 0 Å². The summed E-state index contributed by atoms with van der Waals surface area (Å²) in [5.41, 5.74) is 2.08. The van der Waals surface area contributed by atoms with Gasteiger partial charge in [0.05, 0.1) is 5.69 Å². The molecule has 0 bridgehead atoms. The van der Waals surface area contributed by atoms with Gasteiger partial charge in [0.2, 0.25) is 0 Å². The maximum absolute atomic E-state index is 4.40. The Kier molecular flexibility index (Phi) is 2.50. The van der Waals surface area contributed by atoms with Crippen LogP contribution in [0.5, 0.6) is 0 Å². The fourth-order valence-electron chi connectivity index (χ4n) is 2.02. The molecule has 2 aromatic heterocycles. The zero-order valence-corrected chi connectivity index (χ0v) is 10.9. The number of nitrogens with zero attached hydrogens (tertiary/aromatic N) is 3. The fourth-order valence-corrected chi connectivity index (χ4v) is 2.74. The largest absolute Gasteiger partial charge is 0.367 e. The minimum atomic E-state index is 0.448. The molecular weight excluding hydrogens is 232 g/mol. The van der Waals surface area contributed by atoms with Gasteiger partial charge in [0, 0.05) is 23.7 Å². The predicted molar refractivity (Wildman–Crippen MR) is 71.7 cm³/mol. The molecule has 0 spiro atoms. The van der Waals surface area contributed by atoms with Gasteiger partial charge in [0.25, 0.3) is 0 Å². The SMILES string of the molecule is CSC1(CNc2nccn3nc(C)cc23)CC1. The van der Waals surface area contributed by atoms with E-state index in [0.29, 0.717) is 4.75 Å². The van der Waals surface area contributed by atoms with Crippen LogP contribution in [0.4, 0.5) is 5.82 Å². The highest BCUT2D eigenvalue weighted by molar-refractivity contribution is 8.00. The number of hydrogen-bond acceptors (Lipinski definition) is 4. The van der Waals surface area contributed by atoms with E-state index in [4.69, 9.17) is 0 Å². The molecule has 1 fully saturated rings. The molecule has 0 atom stereocenters. The van der Waals surface area contributed by atoms with Gasteiger partial charge in [-0.2, -0.15) is 16.9 Å². The Bertz CT molecular complexity index is 544. The van der Waals surface area contributed by atoms with Gasteiger partial charge >= 0.3 is 0 Å². The summed E-state index contributed by atoms with van der Waals surface area (Å²) in [5.74, 6) is 0.938. The van der Waals surface area contributed by atoms with Crippen molar-refractivity contribution in [3.63, 3.8) is 0 Å².